The van der Waals surface area contributed by atoms with Crippen molar-refractivity contribution >= 4 is 22.4 Å². The lowest BCUT2D eigenvalue weighted by Crippen LogP contribution is -2.08. The van der Waals surface area contributed by atoms with Crippen LogP contribution in [0.1, 0.15) is 6.42 Å². The Balaban J connectivity index is 1.84. The van der Waals surface area contributed by atoms with E-state index in [0.717, 1.165) is 29.1 Å². The first-order valence-electron chi connectivity index (χ1n) is 6.94. The molecule has 3 N–H and O–H groups in total. The van der Waals surface area contributed by atoms with Crippen molar-refractivity contribution in [3.05, 3.63) is 30.3 Å². The molecule has 0 aliphatic carbocycles. The second-order valence-corrected chi connectivity index (χ2v) is 5.30. The molecule has 0 radical (unpaired) electrons. The van der Waals surface area contributed by atoms with Crippen molar-refractivity contribution in [2.24, 2.45) is 0 Å². The van der Waals surface area contributed by atoms with Crippen molar-refractivity contribution in [1.82, 2.24) is 4.37 Å². The third kappa shape index (κ3) is 4.70. The van der Waals surface area contributed by atoms with Crippen molar-refractivity contribution in [2.45, 2.75) is 6.42 Å². The molecule has 0 saturated heterocycles. The molecule has 0 spiro atoms. The molecule has 5 nitrogen and oxygen atoms in total. The van der Waals surface area contributed by atoms with E-state index in [0.29, 0.717) is 25.6 Å². The molecule has 0 bridgehead atoms. The molecule has 2 aromatic rings. The largest absolute Gasteiger partial charge is 0.382 e. The van der Waals surface area contributed by atoms with E-state index in [2.05, 4.69) is 9.69 Å². The topological polar surface area (TPSA) is 69.4 Å². The Morgan fingerprint density at radius 1 is 1.19 bits per heavy atom. The van der Waals surface area contributed by atoms with E-state index < -0.39 is 0 Å². The van der Waals surface area contributed by atoms with Gasteiger partial charge in [-0.15, -0.1) is 0 Å². The van der Waals surface area contributed by atoms with Crippen LogP contribution >= 0.6 is 11.5 Å². The second-order valence-electron chi connectivity index (χ2n) is 4.52. The third-order valence-corrected chi connectivity index (χ3v) is 3.78. The van der Waals surface area contributed by atoms with E-state index in [4.69, 9.17) is 15.2 Å². The molecule has 114 valence electrons. The summed E-state index contributed by atoms with van der Waals surface area (Å²) in [5.74, 6) is 0.574. The van der Waals surface area contributed by atoms with Gasteiger partial charge in [0.15, 0.2) is 0 Å². The summed E-state index contributed by atoms with van der Waals surface area (Å²) in [6, 6.07) is 10.1. The molecule has 0 fully saturated rings. The Kier molecular flexibility index (Phi) is 6.46. The zero-order chi connectivity index (χ0) is 14.9. The van der Waals surface area contributed by atoms with Gasteiger partial charge in [-0.25, -0.2) is 0 Å². The summed E-state index contributed by atoms with van der Waals surface area (Å²) in [7, 11) is 1.67. The van der Waals surface area contributed by atoms with Gasteiger partial charge in [-0.1, -0.05) is 30.3 Å². The number of ether oxygens (including phenoxy) is 2. The Labute approximate surface area is 129 Å². The Bertz CT molecular complexity index is 531. The summed E-state index contributed by atoms with van der Waals surface area (Å²) in [5, 5.41) is 4.40. The normalized spacial score (nSPS) is 10.7. The number of nitrogens with one attached hydrogen (secondary N) is 1. The third-order valence-electron chi connectivity index (χ3n) is 2.96. The standard InChI is InChI=1S/C15H21N3O2S/c1-19-10-11-20-9-5-8-17-15-13(14(16)18-21-15)12-6-3-2-4-7-12/h2-4,6-7,17H,5,8-11H2,1H3,(H2,16,18). The minimum Gasteiger partial charge on any atom is -0.382 e. The molecule has 6 heteroatoms. The number of rotatable bonds is 9. The fourth-order valence-electron chi connectivity index (χ4n) is 1.93. The number of hydrogen-bond donors (Lipinski definition) is 2. The number of methoxy groups -OCH3 is 1. The fourth-order valence-corrected chi connectivity index (χ4v) is 2.69. The maximum atomic E-state index is 5.98. The highest BCUT2D eigenvalue weighted by Gasteiger charge is 2.12. The van der Waals surface area contributed by atoms with Gasteiger partial charge in [0.1, 0.15) is 10.8 Å². The highest BCUT2D eigenvalue weighted by molar-refractivity contribution is 7.11. The van der Waals surface area contributed by atoms with Crippen LogP contribution in [0.15, 0.2) is 30.3 Å². The lowest BCUT2D eigenvalue weighted by Gasteiger charge is -2.08. The summed E-state index contributed by atoms with van der Waals surface area (Å²) in [6.07, 6.45) is 0.926. The van der Waals surface area contributed by atoms with Gasteiger partial charge in [0.25, 0.3) is 0 Å². The summed E-state index contributed by atoms with van der Waals surface area (Å²) in [6.45, 7) is 2.82. The minimum absolute atomic E-state index is 0.574. The van der Waals surface area contributed by atoms with Crippen LogP contribution in [0.3, 0.4) is 0 Å². The zero-order valence-electron chi connectivity index (χ0n) is 12.2. The summed E-state index contributed by atoms with van der Waals surface area (Å²) in [4.78, 5) is 0. The van der Waals surface area contributed by atoms with Gasteiger partial charge in [-0.2, -0.15) is 4.37 Å². The molecule has 0 amide bonds. The molecular formula is C15H21N3O2S. The number of anilines is 2. The minimum atomic E-state index is 0.574. The first-order valence-corrected chi connectivity index (χ1v) is 7.71. The van der Waals surface area contributed by atoms with Crippen LogP contribution in [-0.4, -0.2) is 37.8 Å². The average Bonchev–Trinajstić information content (AvgIpc) is 2.88. The van der Waals surface area contributed by atoms with Crippen molar-refractivity contribution < 1.29 is 9.47 Å². The van der Waals surface area contributed by atoms with Crippen LogP contribution in [0.5, 0.6) is 0 Å². The lowest BCUT2D eigenvalue weighted by atomic mass is 10.1. The van der Waals surface area contributed by atoms with Gasteiger partial charge >= 0.3 is 0 Å². The lowest BCUT2D eigenvalue weighted by molar-refractivity contribution is 0.0705. The van der Waals surface area contributed by atoms with Crippen LogP contribution in [-0.2, 0) is 9.47 Å². The quantitative estimate of drug-likeness (QED) is 0.697. The maximum Gasteiger partial charge on any atom is 0.147 e. The van der Waals surface area contributed by atoms with Crippen LogP contribution < -0.4 is 11.1 Å². The zero-order valence-corrected chi connectivity index (χ0v) is 13.0. The van der Waals surface area contributed by atoms with Crippen LogP contribution in [0.4, 0.5) is 10.8 Å². The number of nitrogens with two attached hydrogens (primary N) is 1. The van der Waals surface area contributed by atoms with Crippen LogP contribution in [0, 0.1) is 0 Å². The summed E-state index contributed by atoms with van der Waals surface area (Å²) >= 11 is 1.40. The molecule has 0 aliphatic heterocycles. The van der Waals surface area contributed by atoms with Gasteiger partial charge in [0, 0.05) is 20.3 Å². The number of aromatic nitrogens is 1. The summed E-state index contributed by atoms with van der Waals surface area (Å²) < 4.78 is 14.6. The monoisotopic (exact) mass is 307 g/mol. The van der Waals surface area contributed by atoms with Gasteiger partial charge in [0.05, 0.1) is 18.8 Å². The molecule has 0 atom stereocenters. The predicted octanol–water partition coefficient (Wildman–Crippen LogP) is 2.86. The Morgan fingerprint density at radius 2 is 2.00 bits per heavy atom. The van der Waals surface area contributed by atoms with E-state index in [9.17, 15) is 0 Å². The number of nitrogen functional groups attached to an aromatic ring is 1. The average molecular weight is 307 g/mol. The number of nitrogens with zero attached hydrogens (tertiary/aromatic N) is 1. The van der Waals surface area contributed by atoms with Crippen LogP contribution in [0.25, 0.3) is 11.1 Å². The van der Waals surface area contributed by atoms with Gasteiger partial charge in [-0.3, -0.25) is 0 Å². The van der Waals surface area contributed by atoms with Crippen molar-refractivity contribution in [1.29, 1.82) is 0 Å². The highest BCUT2D eigenvalue weighted by atomic mass is 32.1. The molecule has 0 unspecified atom stereocenters. The first kappa shape index (κ1) is 15.8. The van der Waals surface area contributed by atoms with E-state index in [1.807, 2.05) is 30.3 Å². The Morgan fingerprint density at radius 3 is 2.76 bits per heavy atom. The molecule has 0 saturated carbocycles. The Hall–Kier alpha value is -1.63. The van der Waals surface area contributed by atoms with E-state index in [-0.39, 0.29) is 0 Å². The van der Waals surface area contributed by atoms with E-state index in [1.165, 1.54) is 11.5 Å². The molecule has 2 rings (SSSR count). The van der Waals surface area contributed by atoms with Gasteiger partial charge in [-0.05, 0) is 23.5 Å². The predicted molar refractivity (Wildman–Crippen MR) is 87.8 cm³/mol. The highest BCUT2D eigenvalue weighted by Crippen LogP contribution is 2.36. The second kappa shape index (κ2) is 8.61. The molecular weight excluding hydrogens is 286 g/mol. The van der Waals surface area contributed by atoms with Crippen molar-refractivity contribution in [2.75, 3.05) is 44.5 Å². The SMILES string of the molecule is COCCOCCCNc1snc(N)c1-c1ccccc1. The molecule has 1 aromatic heterocycles. The number of benzene rings is 1. The van der Waals surface area contributed by atoms with Gasteiger partial charge in [0.2, 0.25) is 0 Å². The number of hydrogen-bond acceptors (Lipinski definition) is 6. The molecule has 1 aromatic carbocycles. The van der Waals surface area contributed by atoms with Crippen molar-refractivity contribution in [3.63, 3.8) is 0 Å². The van der Waals surface area contributed by atoms with E-state index in [1.54, 1.807) is 7.11 Å². The van der Waals surface area contributed by atoms with Crippen LogP contribution in [0.2, 0.25) is 0 Å². The first-order chi connectivity index (χ1) is 10.3. The molecule has 1 heterocycles. The van der Waals surface area contributed by atoms with E-state index >= 15 is 0 Å². The molecule has 21 heavy (non-hydrogen) atoms. The van der Waals surface area contributed by atoms with Crippen molar-refractivity contribution in [3.8, 4) is 11.1 Å². The molecule has 0 aliphatic rings. The maximum absolute atomic E-state index is 5.98. The smallest absolute Gasteiger partial charge is 0.147 e. The fraction of sp³-hybridized carbons (Fsp3) is 0.400. The summed E-state index contributed by atoms with van der Waals surface area (Å²) in [5.41, 5.74) is 8.05. The van der Waals surface area contributed by atoms with Gasteiger partial charge < -0.3 is 20.5 Å².